The Hall–Kier alpha value is -1.71. The largest absolute Gasteiger partial charge is 0.378 e. The van der Waals surface area contributed by atoms with Gasteiger partial charge >= 0.3 is 0 Å². The molecule has 0 saturated carbocycles. The normalized spacial score (nSPS) is 11.9. The highest BCUT2D eigenvalue weighted by molar-refractivity contribution is 6.41. The summed E-state index contributed by atoms with van der Waals surface area (Å²) in [5, 5.41) is 3.71. The zero-order valence-corrected chi connectivity index (χ0v) is 14.1. The fourth-order valence-electron chi connectivity index (χ4n) is 2.82. The van der Waals surface area contributed by atoms with Gasteiger partial charge in [0, 0.05) is 33.1 Å². The summed E-state index contributed by atoms with van der Waals surface area (Å²) in [6, 6.07) is 8.23. The van der Waals surface area contributed by atoms with E-state index in [2.05, 4.69) is 28.4 Å². The highest BCUT2D eigenvalue weighted by Gasteiger charge is 2.25. The minimum Gasteiger partial charge on any atom is -0.378 e. The van der Waals surface area contributed by atoms with Crippen molar-refractivity contribution in [2.45, 2.75) is 13.3 Å². The summed E-state index contributed by atoms with van der Waals surface area (Å²) in [6.07, 6.45) is 0.745. The summed E-state index contributed by atoms with van der Waals surface area (Å²) in [4.78, 5) is 13.4. The molecule has 1 aliphatic carbocycles. The predicted octanol–water partition coefficient (Wildman–Crippen LogP) is 4.59. The van der Waals surface area contributed by atoms with Gasteiger partial charge in [0.25, 0.3) is 0 Å². The van der Waals surface area contributed by atoms with Gasteiger partial charge in [0.15, 0.2) is 0 Å². The van der Waals surface area contributed by atoms with Crippen molar-refractivity contribution in [3.05, 3.63) is 45.4 Å². The Labute approximate surface area is 139 Å². The number of hydrogen-bond acceptors (Lipinski definition) is 2. The number of carbonyl (C=O) groups is 1. The molecule has 1 aliphatic rings. The second kappa shape index (κ2) is 5.49. The minimum atomic E-state index is -0.186. The highest BCUT2D eigenvalue weighted by atomic mass is 35.5. The van der Waals surface area contributed by atoms with Gasteiger partial charge < -0.3 is 10.2 Å². The average Bonchev–Trinajstić information content (AvgIpc) is 2.81. The number of nitrogens with zero attached hydrogens (tertiary/aromatic N) is 1. The van der Waals surface area contributed by atoms with Crippen LogP contribution in [0.3, 0.4) is 0 Å². The molecule has 0 heterocycles. The quantitative estimate of drug-likeness (QED) is 0.743. The minimum absolute atomic E-state index is 0.186. The molecule has 1 N–H and O–H groups in total. The van der Waals surface area contributed by atoms with Gasteiger partial charge in [0.2, 0.25) is 5.91 Å². The van der Waals surface area contributed by atoms with Crippen molar-refractivity contribution < 1.29 is 4.79 Å². The van der Waals surface area contributed by atoms with Crippen LogP contribution in [0.2, 0.25) is 10.0 Å². The SMILES string of the molecule is CC(=O)Nc1c(Cl)cc2c(c1Cl)Cc1cc(N(C)C)ccc1-2. The molecule has 3 rings (SSSR count). The molecule has 3 nitrogen and oxygen atoms in total. The maximum absolute atomic E-state index is 11.3. The Balaban J connectivity index is 2.12. The summed E-state index contributed by atoms with van der Waals surface area (Å²) in [7, 11) is 4.03. The molecular formula is C17H16Cl2N2O. The van der Waals surface area contributed by atoms with Gasteiger partial charge in [0.1, 0.15) is 0 Å². The van der Waals surface area contributed by atoms with Crippen molar-refractivity contribution in [1.82, 2.24) is 0 Å². The molecule has 0 unspecified atom stereocenters. The molecule has 0 fully saturated rings. The van der Waals surface area contributed by atoms with E-state index in [9.17, 15) is 4.79 Å². The van der Waals surface area contributed by atoms with E-state index < -0.39 is 0 Å². The number of halogens is 2. The van der Waals surface area contributed by atoms with E-state index in [4.69, 9.17) is 23.2 Å². The zero-order chi connectivity index (χ0) is 16.0. The monoisotopic (exact) mass is 334 g/mol. The lowest BCUT2D eigenvalue weighted by Crippen LogP contribution is -2.08. The number of benzene rings is 2. The number of anilines is 2. The lowest BCUT2D eigenvalue weighted by molar-refractivity contribution is -0.114. The smallest absolute Gasteiger partial charge is 0.221 e. The zero-order valence-electron chi connectivity index (χ0n) is 12.6. The third-order valence-corrected chi connectivity index (χ3v) is 4.60. The summed E-state index contributed by atoms with van der Waals surface area (Å²) >= 11 is 12.8. The van der Waals surface area contributed by atoms with Gasteiger partial charge in [-0.05, 0) is 40.5 Å². The highest BCUT2D eigenvalue weighted by Crippen LogP contribution is 2.46. The summed E-state index contributed by atoms with van der Waals surface area (Å²) in [5.74, 6) is -0.186. The summed E-state index contributed by atoms with van der Waals surface area (Å²) < 4.78 is 0. The molecule has 5 heteroatoms. The molecule has 2 aromatic carbocycles. The first-order chi connectivity index (χ1) is 10.4. The molecule has 1 amide bonds. The number of carbonyl (C=O) groups excluding carboxylic acids is 1. The van der Waals surface area contributed by atoms with Crippen LogP contribution < -0.4 is 10.2 Å². The van der Waals surface area contributed by atoms with Gasteiger partial charge in [-0.15, -0.1) is 0 Å². The van der Waals surface area contributed by atoms with E-state index in [0.717, 1.165) is 28.8 Å². The van der Waals surface area contributed by atoms with Crippen molar-refractivity contribution in [1.29, 1.82) is 0 Å². The first kappa shape index (κ1) is 15.2. The Morgan fingerprint density at radius 3 is 2.55 bits per heavy atom. The lowest BCUT2D eigenvalue weighted by Gasteiger charge is -2.14. The Morgan fingerprint density at radius 1 is 1.18 bits per heavy atom. The maximum Gasteiger partial charge on any atom is 0.221 e. The van der Waals surface area contributed by atoms with E-state index in [1.807, 2.05) is 20.2 Å². The number of nitrogens with one attached hydrogen (secondary N) is 1. The summed E-state index contributed by atoms with van der Waals surface area (Å²) in [6.45, 7) is 1.44. The number of rotatable bonds is 2. The third-order valence-electron chi connectivity index (χ3n) is 3.88. The molecular weight excluding hydrogens is 319 g/mol. The van der Waals surface area contributed by atoms with Gasteiger partial charge in [0.05, 0.1) is 15.7 Å². The van der Waals surface area contributed by atoms with Crippen molar-refractivity contribution >= 4 is 40.5 Å². The maximum atomic E-state index is 11.3. The molecule has 114 valence electrons. The first-order valence-corrected chi connectivity index (χ1v) is 7.73. The van der Waals surface area contributed by atoms with Gasteiger partial charge in [-0.25, -0.2) is 0 Å². The van der Waals surface area contributed by atoms with Crippen molar-refractivity contribution in [2.75, 3.05) is 24.3 Å². The molecule has 0 bridgehead atoms. The molecule has 0 spiro atoms. The standard InChI is InChI=1S/C17H16Cl2N2O/c1-9(22)20-17-15(18)8-13-12-5-4-11(21(2)3)6-10(12)7-14(13)16(17)19/h4-6,8H,7H2,1-3H3,(H,20,22). The first-order valence-electron chi connectivity index (χ1n) is 6.97. The van der Waals surface area contributed by atoms with E-state index in [1.165, 1.54) is 12.5 Å². The molecule has 2 aromatic rings. The van der Waals surface area contributed by atoms with E-state index in [-0.39, 0.29) is 5.91 Å². The topological polar surface area (TPSA) is 32.3 Å². The molecule has 0 aromatic heterocycles. The number of hydrogen-bond donors (Lipinski definition) is 1. The van der Waals surface area contributed by atoms with E-state index >= 15 is 0 Å². The van der Waals surface area contributed by atoms with Crippen LogP contribution in [0.5, 0.6) is 0 Å². The Kier molecular flexibility index (Phi) is 3.79. The lowest BCUT2D eigenvalue weighted by atomic mass is 10.0. The second-order valence-electron chi connectivity index (χ2n) is 5.67. The van der Waals surface area contributed by atoms with Crippen molar-refractivity contribution in [2.24, 2.45) is 0 Å². The van der Waals surface area contributed by atoms with Gasteiger partial charge in [-0.1, -0.05) is 29.3 Å². The number of fused-ring (bicyclic) bond motifs is 3. The van der Waals surface area contributed by atoms with Gasteiger partial charge in [-0.2, -0.15) is 0 Å². The van der Waals surface area contributed by atoms with Crippen LogP contribution in [0.15, 0.2) is 24.3 Å². The summed E-state index contributed by atoms with van der Waals surface area (Å²) in [5.41, 5.74) is 6.08. The van der Waals surface area contributed by atoms with E-state index in [0.29, 0.717) is 15.7 Å². The van der Waals surface area contributed by atoms with Crippen LogP contribution in [-0.4, -0.2) is 20.0 Å². The predicted molar refractivity (Wildman–Crippen MR) is 93.3 cm³/mol. The third kappa shape index (κ3) is 2.44. The Morgan fingerprint density at radius 2 is 1.91 bits per heavy atom. The molecule has 0 aliphatic heterocycles. The second-order valence-corrected chi connectivity index (χ2v) is 6.45. The average molecular weight is 335 g/mol. The fourth-order valence-corrected chi connectivity index (χ4v) is 3.44. The van der Waals surface area contributed by atoms with Crippen LogP contribution in [-0.2, 0) is 11.2 Å². The van der Waals surface area contributed by atoms with Crippen LogP contribution in [0.4, 0.5) is 11.4 Å². The fraction of sp³-hybridized carbons (Fsp3) is 0.235. The Bertz CT molecular complexity index is 785. The van der Waals surface area contributed by atoms with Crippen LogP contribution >= 0.6 is 23.2 Å². The van der Waals surface area contributed by atoms with Gasteiger partial charge in [-0.3, -0.25) is 4.79 Å². The molecule has 0 radical (unpaired) electrons. The van der Waals surface area contributed by atoms with Crippen LogP contribution in [0.1, 0.15) is 18.1 Å². The molecule has 22 heavy (non-hydrogen) atoms. The van der Waals surface area contributed by atoms with Crippen molar-refractivity contribution in [3.8, 4) is 11.1 Å². The molecule has 0 atom stereocenters. The number of amides is 1. The molecule has 0 saturated heterocycles. The van der Waals surface area contributed by atoms with Crippen LogP contribution in [0, 0.1) is 0 Å². The van der Waals surface area contributed by atoms with E-state index in [1.54, 1.807) is 0 Å². The van der Waals surface area contributed by atoms with Crippen LogP contribution in [0.25, 0.3) is 11.1 Å². The van der Waals surface area contributed by atoms with Crippen molar-refractivity contribution in [3.63, 3.8) is 0 Å².